The molecule has 0 radical (unpaired) electrons. The van der Waals surface area contributed by atoms with Crippen LogP contribution in [0.1, 0.15) is 22.9 Å². The van der Waals surface area contributed by atoms with Crippen molar-refractivity contribution < 1.29 is 13.2 Å². The molecule has 1 aromatic carbocycles. The molecular formula is C12H11F3N2S. The number of halogens is 3. The highest BCUT2D eigenvalue weighted by Gasteiger charge is 2.31. The van der Waals surface area contributed by atoms with Gasteiger partial charge in [-0.1, -0.05) is 0 Å². The zero-order valence-corrected chi connectivity index (χ0v) is 10.2. The van der Waals surface area contributed by atoms with E-state index in [1.807, 2.05) is 0 Å². The van der Waals surface area contributed by atoms with Crippen LogP contribution < -0.4 is 5.32 Å². The van der Waals surface area contributed by atoms with E-state index in [9.17, 15) is 13.2 Å². The van der Waals surface area contributed by atoms with Gasteiger partial charge in [-0.15, -0.1) is 11.3 Å². The Morgan fingerprint density at radius 3 is 2.83 bits per heavy atom. The lowest BCUT2D eigenvalue weighted by atomic mass is 10.1. The number of hydrogen-bond donors (Lipinski definition) is 1. The van der Waals surface area contributed by atoms with Crippen LogP contribution in [0.3, 0.4) is 0 Å². The van der Waals surface area contributed by atoms with Crippen molar-refractivity contribution in [2.75, 3.05) is 13.1 Å². The molecular weight excluding hydrogens is 261 g/mol. The Balaban J connectivity index is 2.01. The number of alkyl halides is 3. The highest BCUT2D eigenvalue weighted by molar-refractivity contribution is 7.18. The molecule has 1 fully saturated rings. The summed E-state index contributed by atoms with van der Waals surface area (Å²) in [6.45, 7) is 1.82. The molecule has 1 saturated heterocycles. The Bertz CT molecular complexity index is 570. The summed E-state index contributed by atoms with van der Waals surface area (Å²) in [6, 6.07) is 3.77. The van der Waals surface area contributed by atoms with Crippen molar-refractivity contribution >= 4 is 21.6 Å². The molecule has 0 amide bonds. The molecule has 2 nitrogen and oxygen atoms in total. The normalized spacial score (nSPS) is 20.7. The first-order chi connectivity index (χ1) is 8.54. The summed E-state index contributed by atoms with van der Waals surface area (Å²) in [5.41, 5.74) is -0.173. The Hall–Kier alpha value is -1.14. The molecule has 2 heterocycles. The van der Waals surface area contributed by atoms with Gasteiger partial charge in [0.2, 0.25) is 0 Å². The van der Waals surface area contributed by atoms with Crippen molar-refractivity contribution in [3.63, 3.8) is 0 Å². The molecule has 0 saturated carbocycles. The second-order valence-corrected chi connectivity index (χ2v) is 5.48. The van der Waals surface area contributed by atoms with Crippen LogP contribution in [0.4, 0.5) is 13.2 Å². The van der Waals surface area contributed by atoms with Gasteiger partial charge in [-0.2, -0.15) is 13.2 Å². The van der Waals surface area contributed by atoms with Crippen molar-refractivity contribution in [3.05, 3.63) is 28.8 Å². The van der Waals surface area contributed by atoms with Gasteiger partial charge in [0, 0.05) is 12.5 Å². The third kappa shape index (κ3) is 2.10. The van der Waals surface area contributed by atoms with Gasteiger partial charge in [-0.3, -0.25) is 0 Å². The van der Waals surface area contributed by atoms with Gasteiger partial charge >= 0.3 is 6.18 Å². The highest BCUT2D eigenvalue weighted by Crippen LogP contribution is 2.35. The molecule has 18 heavy (non-hydrogen) atoms. The molecule has 96 valence electrons. The number of benzene rings is 1. The van der Waals surface area contributed by atoms with Gasteiger partial charge in [0.1, 0.15) is 0 Å². The SMILES string of the molecule is FC(F)(F)c1ccc2sc(C3CCNC3)nc2c1. The summed E-state index contributed by atoms with van der Waals surface area (Å²) >= 11 is 1.50. The van der Waals surface area contributed by atoms with Gasteiger partial charge < -0.3 is 5.32 Å². The number of fused-ring (bicyclic) bond motifs is 1. The molecule has 6 heteroatoms. The fourth-order valence-electron chi connectivity index (χ4n) is 2.16. The van der Waals surface area contributed by atoms with Crippen molar-refractivity contribution in [1.82, 2.24) is 10.3 Å². The Kier molecular flexibility index (Phi) is 2.79. The third-order valence-electron chi connectivity index (χ3n) is 3.14. The molecule has 2 aromatic rings. The third-order valence-corrected chi connectivity index (χ3v) is 4.34. The smallest absolute Gasteiger partial charge is 0.316 e. The van der Waals surface area contributed by atoms with Crippen LogP contribution in [0.2, 0.25) is 0 Å². The maximum absolute atomic E-state index is 12.6. The maximum Gasteiger partial charge on any atom is 0.416 e. The summed E-state index contributed by atoms with van der Waals surface area (Å²) < 4.78 is 38.6. The van der Waals surface area contributed by atoms with Gasteiger partial charge in [0.25, 0.3) is 0 Å². The van der Waals surface area contributed by atoms with E-state index in [4.69, 9.17) is 0 Å². The summed E-state index contributed by atoms with van der Waals surface area (Å²) in [5, 5.41) is 4.18. The summed E-state index contributed by atoms with van der Waals surface area (Å²) in [7, 11) is 0. The molecule has 0 spiro atoms. The van der Waals surface area contributed by atoms with Crippen LogP contribution in [0.25, 0.3) is 10.2 Å². The van der Waals surface area contributed by atoms with E-state index in [0.717, 1.165) is 41.4 Å². The molecule has 1 atom stereocenters. The van der Waals surface area contributed by atoms with Crippen LogP contribution in [0.15, 0.2) is 18.2 Å². The van der Waals surface area contributed by atoms with Crippen molar-refractivity contribution in [3.8, 4) is 0 Å². The largest absolute Gasteiger partial charge is 0.416 e. The minimum absolute atomic E-state index is 0.344. The number of hydrogen-bond acceptors (Lipinski definition) is 3. The Morgan fingerprint density at radius 2 is 2.17 bits per heavy atom. The van der Waals surface area contributed by atoms with Crippen LogP contribution in [0.5, 0.6) is 0 Å². The zero-order chi connectivity index (χ0) is 12.8. The summed E-state index contributed by atoms with van der Waals surface area (Å²) in [4.78, 5) is 4.35. The lowest BCUT2D eigenvalue weighted by Crippen LogP contribution is -2.07. The molecule has 3 rings (SSSR count). The minimum atomic E-state index is -4.30. The van der Waals surface area contributed by atoms with E-state index in [-0.39, 0.29) is 0 Å². The lowest BCUT2D eigenvalue weighted by Gasteiger charge is -2.04. The first-order valence-electron chi connectivity index (χ1n) is 5.72. The summed E-state index contributed by atoms with van der Waals surface area (Å²) in [5.74, 6) is 0.344. The molecule has 1 unspecified atom stereocenters. The van der Waals surface area contributed by atoms with Crippen molar-refractivity contribution in [2.24, 2.45) is 0 Å². The molecule has 1 N–H and O–H groups in total. The van der Waals surface area contributed by atoms with Crippen molar-refractivity contribution in [1.29, 1.82) is 0 Å². The molecule has 1 aliphatic rings. The van der Waals surface area contributed by atoms with E-state index in [1.165, 1.54) is 17.4 Å². The molecule has 1 aromatic heterocycles. The van der Waals surface area contributed by atoms with Crippen LogP contribution >= 0.6 is 11.3 Å². The van der Waals surface area contributed by atoms with E-state index in [0.29, 0.717) is 11.4 Å². The van der Waals surface area contributed by atoms with Gasteiger partial charge in [0.05, 0.1) is 20.8 Å². The molecule has 0 aliphatic carbocycles. The predicted octanol–water partition coefficient (Wildman–Crippen LogP) is 3.39. The number of aromatic nitrogens is 1. The number of nitrogens with one attached hydrogen (secondary N) is 1. The number of rotatable bonds is 1. The monoisotopic (exact) mass is 272 g/mol. The zero-order valence-electron chi connectivity index (χ0n) is 9.42. The van der Waals surface area contributed by atoms with Gasteiger partial charge in [-0.25, -0.2) is 4.98 Å². The Morgan fingerprint density at radius 1 is 1.33 bits per heavy atom. The number of nitrogens with zero attached hydrogens (tertiary/aromatic N) is 1. The van der Waals surface area contributed by atoms with E-state index in [2.05, 4.69) is 10.3 Å². The first-order valence-corrected chi connectivity index (χ1v) is 6.54. The standard InChI is InChI=1S/C12H11F3N2S/c13-12(14,15)8-1-2-10-9(5-8)17-11(18-10)7-3-4-16-6-7/h1-2,5,7,16H,3-4,6H2. The minimum Gasteiger partial charge on any atom is -0.316 e. The number of thiazole rings is 1. The summed E-state index contributed by atoms with van der Waals surface area (Å²) in [6.07, 6.45) is -3.29. The highest BCUT2D eigenvalue weighted by atomic mass is 32.1. The first kappa shape index (κ1) is 11.9. The lowest BCUT2D eigenvalue weighted by molar-refractivity contribution is -0.137. The fourth-order valence-corrected chi connectivity index (χ4v) is 3.24. The topological polar surface area (TPSA) is 24.9 Å². The van der Waals surface area contributed by atoms with Crippen LogP contribution in [0, 0.1) is 0 Å². The van der Waals surface area contributed by atoms with Crippen LogP contribution in [-0.4, -0.2) is 18.1 Å². The molecule has 0 bridgehead atoms. The fraction of sp³-hybridized carbons (Fsp3) is 0.417. The average molecular weight is 272 g/mol. The van der Waals surface area contributed by atoms with Gasteiger partial charge in [0.15, 0.2) is 0 Å². The van der Waals surface area contributed by atoms with E-state index < -0.39 is 11.7 Å². The van der Waals surface area contributed by atoms with Gasteiger partial charge in [-0.05, 0) is 31.2 Å². The van der Waals surface area contributed by atoms with E-state index in [1.54, 1.807) is 0 Å². The maximum atomic E-state index is 12.6. The average Bonchev–Trinajstić information content (AvgIpc) is 2.95. The van der Waals surface area contributed by atoms with Crippen LogP contribution in [-0.2, 0) is 6.18 Å². The second-order valence-electron chi connectivity index (χ2n) is 4.42. The van der Waals surface area contributed by atoms with E-state index >= 15 is 0 Å². The quantitative estimate of drug-likeness (QED) is 0.860. The second kappa shape index (κ2) is 4.20. The predicted molar refractivity (Wildman–Crippen MR) is 64.8 cm³/mol. The Labute approximate surface area is 106 Å². The van der Waals surface area contributed by atoms with Crippen molar-refractivity contribution in [2.45, 2.75) is 18.5 Å². The molecule has 1 aliphatic heterocycles.